The largest absolute Gasteiger partial charge is 0.315 e. The Morgan fingerprint density at radius 2 is 1.95 bits per heavy atom. The molecule has 1 aliphatic heterocycles. The summed E-state index contributed by atoms with van der Waals surface area (Å²) in [4.78, 5) is 15.7. The summed E-state index contributed by atoms with van der Waals surface area (Å²) in [6.45, 7) is 2.48. The van der Waals surface area contributed by atoms with Crippen molar-refractivity contribution in [2.45, 2.75) is 44.9 Å². The van der Waals surface area contributed by atoms with Gasteiger partial charge in [-0.25, -0.2) is 0 Å². The van der Waals surface area contributed by atoms with Gasteiger partial charge in [0.05, 0.1) is 12.1 Å². The van der Waals surface area contributed by atoms with E-state index in [0.717, 1.165) is 37.4 Å². The number of amides is 1. The van der Waals surface area contributed by atoms with Crippen LogP contribution >= 0.6 is 11.3 Å². The van der Waals surface area contributed by atoms with Crippen LogP contribution in [0, 0.1) is 11.3 Å². The number of thiophene rings is 1. The molecule has 0 spiro atoms. The second kappa shape index (κ2) is 6.59. The number of nitrogens with one attached hydrogen (secondary N) is 1. The highest BCUT2D eigenvalue weighted by Gasteiger charge is 2.22. The van der Waals surface area contributed by atoms with E-state index in [-0.39, 0.29) is 5.91 Å². The van der Waals surface area contributed by atoms with Crippen molar-refractivity contribution in [2.24, 2.45) is 0 Å². The van der Waals surface area contributed by atoms with Gasteiger partial charge in [-0.05, 0) is 57.2 Å². The second-order valence-electron chi connectivity index (χ2n) is 5.91. The third kappa shape index (κ3) is 3.28. The number of piperidine rings is 1. The van der Waals surface area contributed by atoms with Gasteiger partial charge in [0.1, 0.15) is 11.1 Å². The fourth-order valence-electron chi connectivity index (χ4n) is 3.26. The minimum Gasteiger partial charge on any atom is -0.315 e. The molecule has 2 aliphatic rings. The molecule has 21 heavy (non-hydrogen) atoms. The summed E-state index contributed by atoms with van der Waals surface area (Å²) in [5.41, 5.74) is 1.89. The van der Waals surface area contributed by atoms with Gasteiger partial charge >= 0.3 is 0 Å². The van der Waals surface area contributed by atoms with Crippen LogP contribution in [0.15, 0.2) is 0 Å². The normalized spacial score (nSPS) is 18.8. The summed E-state index contributed by atoms with van der Waals surface area (Å²) in [5, 5.41) is 13.1. The number of fused-ring (bicyclic) bond motifs is 1. The van der Waals surface area contributed by atoms with E-state index in [4.69, 9.17) is 0 Å². The zero-order chi connectivity index (χ0) is 14.7. The Balaban J connectivity index is 1.68. The Hall–Kier alpha value is -1.38. The average Bonchev–Trinajstić information content (AvgIpc) is 2.85. The third-order valence-corrected chi connectivity index (χ3v) is 5.56. The molecule has 1 fully saturated rings. The van der Waals surface area contributed by atoms with Crippen molar-refractivity contribution < 1.29 is 4.79 Å². The Kier molecular flexibility index (Phi) is 4.57. The summed E-state index contributed by atoms with van der Waals surface area (Å²) in [6.07, 6.45) is 8.02. The van der Waals surface area contributed by atoms with Crippen molar-refractivity contribution in [3.05, 3.63) is 16.0 Å². The Morgan fingerprint density at radius 1 is 1.19 bits per heavy atom. The topological polar surface area (TPSA) is 56.1 Å². The zero-order valence-corrected chi connectivity index (χ0v) is 13.1. The number of hydrogen-bond acceptors (Lipinski definition) is 4. The standard InChI is InChI=1S/C16H21N3OS/c17-10-13-12-6-2-3-7-14(12)21-16(13)18-15(20)11-19-8-4-1-5-9-19/h1-9,11H2,(H,18,20). The summed E-state index contributed by atoms with van der Waals surface area (Å²) in [6, 6.07) is 2.29. The molecule has 3 rings (SSSR count). The van der Waals surface area contributed by atoms with Crippen molar-refractivity contribution in [1.29, 1.82) is 5.26 Å². The van der Waals surface area contributed by atoms with Gasteiger partial charge in [0, 0.05) is 4.88 Å². The smallest absolute Gasteiger partial charge is 0.239 e. The van der Waals surface area contributed by atoms with Gasteiger partial charge < -0.3 is 5.32 Å². The van der Waals surface area contributed by atoms with Crippen molar-refractivity contribution in [3.8, 4) is 6.07 Å². The van der Waals surface area contributed by atoms with Crippen LogP contribution in [0.3, 0.4) is 0 Å². The number of carbonyl (C=O) groups is 1. The molecule has 1 saturated heterocycles. The number of aryl methyl sites for hydroxylation is 1. The van der Waals surface area contributed by atoms with Crippen molar-refractivity contribution in [1.82, 2.24) is 4.90 Å². The molecule has 112 valence electrons. The van der Waals surface area contributed by atoms with Crippen LogP contribution in [-0.2, 0) is 17.6 Å². The molecular weight excluding hydrogens is 282 g/mol. The Morgan fingerprint density at radius 3 is 2.71 bits per heavy atom. The summed E-state index contributed by atoms with van der Waals surface area (Å²) in [7, 11) is 0. The molecule has 2 heterocycles. The van der Waals surface area contributed by atoms with Gasteiger partial charge in [-0.15, -0.1) is 11.3 Å². The van der Waals surface area contributed by atoms with Crippen molar-refractivity contribution in [3.63, 3.8) is 0 Å². The second-order valence-corrected chi connectivity index (χ2v) is 7.02. The molecule has 0 aromatic carbocycles. The fraction of sp³-hybridized carbons (Fsp3) is 0.625. The van der Waals surface area contributed by atoms with Gasteiger partial charge in [-0.1, -0.05) is 6.42 Å². The molecule has 1 amide bonds. The van der Waals surface area contributed by atoms with Crippen LogP contribution in [0.1, 0.15) is 48.1 Å². The van der Waals surface area contributed by atoms with Gasteiger partial charge in [0.25, 0.3) is 0 Å². The maximum absolute atomic E-state index is 12.2. The maximum Gasteiger partial charge on any atom is 0.239 e. The molecular formula is C16H21N3OS. The first-order valence-electron chi connectivity index (χ1n) is 7.85. The molecule has 0 radical (unpaired) electrons. The fourth-order valence-corrected chi connectivity index (χ4v) is 4.51. The molecule has 4 nitrogen and oxygen atoms in total. The predicted molar refractivity (Wildman–Crippen MR) is 84.6 cm³/mol. The number of likely N-dealkylation sites (tertiary alicyclic amines) is 1. The zero-order valence-electron chi connectivity index (χ0n) is 12.3. The number of nitriles is 1. The molecule has 1 aromatic heterocycles. The maximum atomic E-state index is 12.2. The van der Waals surface area contributed by atoms with Crippen LogP contribution in [0.25, 0.3) is 0 Å². The van der Waals surface area contributed by atoms with Crippen LogP contribution < -0.4 is 5.32 Å². The highest BCUT2D eigenvalue weighted by Crippen LogP contribution is 2.37. The highest BCUT2D eigenvalue weighted by molar-refractivity contribution is 7.16. The number of anilines is 1. The summed E-state index contributed by atoms with van der Waals surface area (Å²) in [5.74, 6) is 0.0204. The minimum absolute atomic E-state index is 0.0204. The van der Waals surface area contributed by atoms with Crippen molar-refractivity contribution in [2.75, 3.05) is 25.0 Å². The summed E-state index contributed by atoms with van der Waals surface area (Å²) < 4.78 is 0. The number of nitrogens with zero attached hydrogens (tertiary/aromatic N) is 2. The van der Waals surface area contributed by atoms with E-state index in [2.05, 4.69) is 16.3 Å². The van der Waals surface area contributed by atoms with Crippen LogP contribution in [0.4, 0.5) is 5.00 Å². The first kappa shape index (κ1) is 14.6. The molecule has 0 bridgehead atoms. The lowest BCUT2D eigenvalue weighted by Crippen LogP contribution is -2.36. The average molecular weight is 303 g/mol. The SMILES string of the molecule is N#Cc1c(NC(=O)CN2CCCCC2)sc2c1CCCC2. The molecule has 1 aliphatic carbocycles. The van der Waals surface area contributed by atoms with Gasteiger partial charge in [0.2, 0.25) is 5.91 Å². The Bertz CT molecular complexity index is 567. The van der Waals surface area contributed by atoms with Gasteiger partial charge in [0.15, 0.2) is 0 Å². The molecule has 1 N–H and O–H groups in total. The first-order valence-corrected chi connectivity index (χ1v) is 8.66. The molecule has 0 saturated carbocycles. The van der Waals surface area contributed by atoms with Crippen LogP contribution in [0.2, 0.25) is 0 Å². The molecule has 0 atom stereocenters. The lowest BCUT2D eigenvalue weighted by molar-refractivity contribution is -0.117. The Labute approximate surface area is 129 Å². The quantitative estimate of drug-likeness (QED) is 0.934. The lowest BCUT2D eigenvalue weighted by Gasteiger charge is -2.25. The van der Waals surface area contributed by atoms with Gasteiger partial charge in [-0.2, -0.15) is 5.26 Å². The van der Waals surface area contributed by atoms with E-state index in [9.17, 15) is 10.1 Å². The van der Waals surface area contributed by atoms with Crippen LogP contribution in [-0.4, -0.2) is 30.4 Å². The predicted octanol–water partition coefficient (Wildman–Crippen LogP) is 2.92. The van der Waals surface area contributed by atoms with E-state index in [1.165, 1.54) is 36.1 Å². The first-order chi connectivity index (χ1) is 10.3. The van der Waals surface area contributed by atoms with E-state index < -0.39 is 0 Å². The number of rotatable bonds is 3. The van der Waals surface area contributed by atoms with E-state index in [1.807, 2.05) is 0 Å². The number of hydrogen-bond donors (Lipinski definition) is 1. The molecule has 5 heteroatoms. The minimum atomic E-state index is 0.0204. The van der Waals surface area contributed by atoms with E-state index in [0.29, 0.717) is 12.1 Å². The monoisotopic (exact) mass is 303 g/mol. The van der Waals surface area contributed by atoms with E-state index >= 15 is 0 Å². The van der Waals surface area contributed by atoms with Crippen molar-refractivity contribution >= 4 is 22.2 Å². The molecule has 0 unspecified atom stereocenters. The van der Waals surface area contributed by atoms with Gasteiger partial charge in [-0.3, -0.25) is 9.69 Å². The lowest BCUT2D eigenvalue weighted by atomic mass is 9.96. The van der Waals surface area contributed by atoms with E-state index in [1.54, 1.807) is 11.3 Å². The highest BCUT2D eigenvalue weighted by atomic mass is 32.1. The van der Waals surface area contributed by atoms with Crippen LogP contribution in [0.5, 0.6) is 0 Å². The molecule has 1 aromatic rings. The third-order valence-electron chi connectivity index (χ3n) is 4.35. The summed E-state index contributed by atoms with van der Waals surface area (Å²) >= 11 is 1.60. The number of carbonyl (C=O) groups excluding carboxylic acids is 1.